The summed E-state index contributed by atoms with van der Waals surface area (Å²) in [5.74, 6) is 1.14. The molecule has 17 heavy (non-hydrogen) atoms. The van der Waals surface area contributed by atoms with Gasteiger partial charge < -0.3 is 9.32 Å². The van der Waals surface area contributed by atoms with Crippen molar-refractivity contribution in [2.45, 2.75) is 6.92 Å². The number of rotatable bonds is 1. The molecular weight excluding hydrogens is 220 g/mol. The molecular formula is C12H14N2O3. The first-order valence-corrected chi connectivity index (χ1v) is 5.29. The molecule has 0 atom stereocenters. The van der Waals surface area contributed by atoms with Crippen LogP contribution in [0.3, 0.4) is 0 Å². The molecule has 2 rings (SSSR count). The number of aryl methyl sites for hydroxylation is 1. The van der Waals surface area contributed by atoms with Gasteiger partial charge in [0.1, 0.15) is 11.5 Å². The Morgan fingerprint density at radius 1 is 1.29 bits per heavy atom. The van der Waals surface area contributed by atoms with E-state index in [1.54, 1.807) is 19.2 Å². The Labute approximate surface area is 99.3 Å². The van der Waals surface area contributed by atoms with E-state index in [4.69, 9.17) is 4.42 Å². The number of furan rings is 1. The smallest absolute Gasteiger partial charge is 0.326 e. The zero-order valence-electron chi connectivity index (χ0n) is 10.1. The summed E-state index contributed by atoms with van der Waals surface area (Å²) in [7, 11) is 3.13. The number of urea groups is 1. The Balaban J connectivity index is 2.30. The van der Waals surface area contributed by atoms with E-state index >= 15 is 0 Å². The molecule has 1 aromatic rings. The normalized spacial score (nSPS) is 19.4. The number of hydrogen-bond acceptors (Lipinski definition) is 3. The zero-order chi connectivity index (χ0) is 12.6. The Morgan fingerprint density at radius 3 is 2.59 bits per heavy atom. The fraction of sp³-hybridized carbons (Fsp3) is 0.333. The van der Waals surface area contributed by atoms with Crippen molar-refractivity contribution in [2.75, 3.05) is 20.6 Å². The van der Waals surface area contributed by atoms with E-state index < -0.39 is 0 Å². The van der Waals surface area contributed by atoms with Crippen LogP contribution in [-0.2, 0) is 4.79 Å². The molecule has 5 nitrogen and oxygen atoms in total. The van der Waals surface area contributed by atoms with Crippen molar-refractivity contribution < 1.29 is 14.0 Å². The molecule has 0 N–H and O–H groups in total. The second-order valence-corrected chi connectivity index (χ2v) is 4.12. The van der Waals surface area contributed by atoms with Gasteiger partial charge in [-0.1, -0.05) is 0 Å². The van der Waals surface area contributed by atoms with Crippen molar-refractivity contribution in [3.63, 3.8) is 0 Å². The summed E-state index contributed by atoms with van der Waals surface area (Å²) in [6, 6.07) is 3.34. The van der Waals surface area contributed by atoms with Crippen LogP contribution in [0.4, 0.5) is 4.79 Å². The molecule has 1 aromatic heterocycles. The van der Waals surface area contributed by atoms with Crippen LogP contribution >= 0.6 is 0 Å². The summed E-state index contributed by atoms with van der Waals surface area (Å²) >= 11 is 0. The van der Waals surface area contributed by atoms with Crippen molar-refractivity contribution in [3.8, 4) is 0 Å². The van der Waals surface area contributed by atoms with Gasteiger partial charge >= 0.3 is 6.03 Å². The van der Waals surface area contributed by atoms with Crippen LogP contribution in [0.25, 0.3) is 6.08 Å². The highest BCUT2D eigenvalue weighted by atomic mass is 16.3. The third-order valence-corrected chi connectivity index (χ3v) is 2.68. The first-order chi connectivity index (χ1) is 7.99. The second kappa shape index (κ2) is 4.08. The molecule has 0 saturated carbocycles. The number of hydrogen-bond donors (Lipinski definition) is 0. The number of amides is 3. The lowest BCUT2D eigenvalue weighted by molar-refractivity contribution is -0.125. The summed E-state index contributed by atoms with van der Waals surface area (Å²) in [5.41, 5.74) is 0.545. The van der Waals surface area contributed by atoms with Gasteiger partial charge in [-0.25, -0.2) is 4.79 Å². The fourth-order valence-electron chi connectivity index (χ4n) is 1.76. The van der Waals surface area contributed by atoms with Crippen LogP contribution in [0, 0.1) is 6.92 Å². The summed E-state index contributed by atoms with van der Waals surface area (Å²) in [6.07, 6.45) is 1.68. The van der Waals surface area contributed by atoms with E-state index in [1.807, 2.05) is 13.0 Å². The molecule has 3 amide bonds. The second-order valence-electron chi connectivity index (χ2n) is 4.12. The van der Waals surface area contributed by atoms with Gasteiger partial charge in [0.25, 0.3) is 5.91 Å². The van der Waals surface area contributed by atoms with Crippen molar-refractivity contribution in [1.82, 2.24) is 9.80 Å². The van der Waals surface area contributed by atoms with Gasteiger partial charge in [-0.05, 0) is 25.1 Å². The molecule has 90 valence electrons. The summed E-state index contributed by atoms with van der Waals surface area (Å²) < 4.78 is 5.38. The predicted molar refractivity (Wildman–Crippen MR) is 62.2 cm³/mol. The molecule has 0 aromatic carbocycles. The molecule has 0 spiro atoms. The lowest BCUT2D eigenvalue weighted by Gasteiger charge is -2.30. The van der Waals surface area contributed by atoms with E-state index in [0.29, 0.717) is 17.9 Å². The number of carbonyl (C=O) groups is 2. The van der Waals surface area contributed by atoms with Gasteiger partial charge in [-0.2, -0.15) is 0 Å². The van der Waals surface area contributed by atoms with Crippen LogP contribution in [0.2, 0.25) is 0 Å². The number of imide groups is 1. The molecule has 5 heteroatoms. The lowest BCUT2D eigenvalue weighted by Crippen LogP contribution is -2.49. The Kier molecular flexibility index (Phi) is 2.75. The molecule has 0 aliphatic carbocycles. The monoisotopic (exact) mass is 234 g/mol. The molecule has 1 aliphatic heterocycles. The predicted octanol–water partition coefficient (Wildman–Crippen LogP) is 1.50. The summed E-state index contributed by atoms with van der Waals surface area (Å²) in [6.45, 7) is 2.15. The van der Waals surface area contributed by atoms with Crippen LogP contribution in [-0.4, -0.2) is 42.4 Å². The van der Waals surface area contributed by atoms with Crippen molar-refractivity contribution in [1.29, 1.82) is 0 Å². The van der Waals surface area contributed by atoms with Crippen LogP contribution < -0.4 is 0 Å². The minimum absolute atomic E-state index is 0.276. The number of carbonyl (C=O) groups excluding carboxylic acids is 2. The molecule has 1 saturated heterocycles. The topological polar surface area (TPSA) is 53.8 Å². The molecule has 0 unspecified atom stereocenters. The fourth-order valence-corrected chi connectivity index (χ4v) is 1.76. The summed E-state index contributed by atoms with van der Waals surface area (Å²) in [4.78, 5) is 26.0. The van der Waals surface area contributed by atoms with Crippen molar-refractivity contribution in [3.05, 3.63) is 29.2 Å². The molecule has 1 fully saturated rings. The van der Waals surface area contributed by atoms with E-state index in [1.165, 1.54) is 11.9 Å². The Bertz CT molecular complexity index is 502. The average Bonchev–Trinajstić information content (AvgIpc) is 2.69. The van der Waals surface area contributed by atoms with E-state index in [0.717, 1.165) is 10.7 Å². The van der Waals surface area contributed by atoms with Gasteiger partial charge in [0.05, 0.1) is 6.54 Å². The third-order valence-electron chi connectivity index (χ3n) is 2.68. The number of nitrogens with zero attached hydrogens (tertiary/aromatic N) is 2. The number of likely N-dealkylation sites (N-methyl/N-ethyl adjacent to an activating group) is 2. The highest BCUT2D eigenvalue weighted by Crippen LogP contribution is 2.17. The minimum atomic E-state index is -0.289. The maximum absolute atomic E-state index is 11.9. The maximum atomic E-state index is 11.9. The standard InChI is InChI=1S/C12H14N2O3/c1-8-4-5-10(17-8)6-9-7-13(2)12(16)14(3)11(9)15/h4-6H,7H2,1-3H3/b9-6+. The lowest BCUT2D eigenvalue weighted by atomic mass is 10.1. The third kappa shape index (κ3) is 2.08. The van der Waals surface area contributed by atoms with Crippen LogP contribution in [0.1, 0.15) is 11.5 Å². The van der Waals surface area contributed by atoms with Gasteiger partial charge in [-0.3, -0.25) is 9.69 Å². The molecule has 0 bridgehead atoms. The Morgan fingerprint density at radius 2 is 2.00 bits per heavy atom. The van der Waals surface area contributed by atoms with E-state index in [-0.39, 0.29) is 11.9 Å². The average molecular weight is 234 g/mol. The quantitative estimate of drug-likeness (QED) is 0.692. The highest BCUT2D eigenvalue weighted by molar-refractivity contribution is 6.08. The minimum Gasteiger partial charge on any atom is -0.462 e. The molecule has 2 heterocycles. The van der Waals surface area contributed by atoms with Gasteiger partial charge in [0.2, 0.25) is 0 Å². The van der Waals surface area contributed by atoms with Crippen molar-refractivity contribution in [2.24, 2.45) is 0 Å². The molecule has 1 aliphatic rings. The van der Waals surface area contributed by atoms with Crippen LogP contribution in [0.15, 0.2) is 22.1 Å². The van der Waals surface area contributed by atoms with Crippen molar-refractivity contribution >= 4 is 18.0 Å². The van der Waals surface area contributed by atoms with Gasteiger partial charge in [0, 0.05) is 19.7 Å². The Hall–Kier alpha value is -2.04. The SMILES string of the molecule is Cc1ccc(/C=C2\CN(C)C(=O)N(C)C2=O)o1. The largest absolute Gasteiger partial charge is 0.462 e. The highest BCUT2D eigenvalue weighted by Gasteiger charge is 2.30. The first kappa shape index (κ1) is 11.4. The van der Waals surface area contributed by atoms with E-state index in [9.17, 15) is 9.59 Å². The van der Waals surface area contributed by atoms with Crippen LogP contribution in [0.5, 0.6) is 0 Å². The molecule has 0 radical (unpaired) electrons. The van der Waals surface area contributed by atoms with Gasteiger partial charge in [-0.15, -0.1) is 0 Å². The maximum Gasteiger partial charge on any atom is 0.326 e. The van der Waals surface area contributed by atoms with E-state index in [2.05, 4.69) is 0 Å². The zero-order valence-corrected chi connectivity index (χ0v) is 10.1. The summed E-state index contributed by atoms with van der Waals surface area (Å²) in [5, 5.41) is 0. The van der Waals surface area contributed by atoms with Gasteiger partial charge in [0.15, 0.2) is 0 Å². The first-order valence-electron chi connectivity index (χ1n) is 5.29.